The summed E-state index contributed by atoms with van der Waals surface area (Å²) in [6.07, 6.45) is 4.63. The Morgan fingerprint density at radius 2 is 2.07 bits per heavy atom. The fourth-order valence-electron chi connectivity index (χ4n) is 2.01. The van der Waals surface area contributed by atoms with Gasteiger partial charge < -0.3 is 10.6 Å². The number of carbonyl (C=O) groups is 1. The minimum Gasteiger partial charge on any atom is -0.350 e. The standard InChI is InChI=1S/C12H24N2O/c1-4-12(7-6-8-12)14-11(15)10(3)9-13-5-2/h10,13H,4-9H2,1-3H3,(H,14,15). The minimum absolute atomic E-state index is 0.0778. The molecule has 1 atom stereocenters. The van der Waals surface area contributed by atoms with Gasteiger partial charge in [0.2, 0.25) is 5.91 Å². The minimum atomic E-state index is 0.0778. The van der Waals surface area contributed by atoms with Gasteiger partial charge in [-0.25, -0.2) is 0 Å². The van der Waals surface area contributed by atoms with Crippen LogP contribution in [0.3, 0.4) is 0 Å². The predicted molar refractivity (Wildman–Crippen MR) is 62.7 cm³/mol. The van der Waals surface area contributed by atoms with Gasteiger partial charge in [0.1, 0.15) is 0 Å². The highest BCUT2D eigenvalue weighted by Crippen LogP contribution is 2.34. The van der Waals surface area contributed by atoms with Crippen molar-refractivity contribution in [3.05, 3.63) is 0 Å². The molecular formula is C12H24N2O. The summed E-state index contributed by atoms with van der Waals surface area (Å²) in [7, 11) is 0. The Bertz CT molecular complexity index is 206. The van der Waals surface area contributed by atoms with Crippen molar-refractivity contribution in [1.29, 1.82) is 0 Å². The van der Waals surface area contributed by atoms with Crippen LogP contribution in [0.4, 0.5) is 0 Å². The molecule has 1 aliphatic rings. The van der Waals surface area contributed by atoms with E-state index in [4.69, 9.17) is 0 Å². The second-order valence-electron chi connectivity index (χ2n) is 4.69. The molecule has 0 heterocycles. The van der Waals surface area contributed by atoms with Gasteiger partial charge in [0.05, 0.1) is 0 Å². The quantitative estimate of drug-likeness (QED) is 0.703. The average Bonchev–Trinajstić information content (AvgIpc) is 2.19. The monoisotopic (exact) mass is 212 g/mol. The molecule has 1 aliphatic carbocycles. The molecule has 1 fully saturated rings. The second kappa shape index (κ2) is 5.50. The van der Waals surface area contributed by atoms with E-state index < -0.39 is 0 Å². The van der Waals surface area contributed by atoms with Crippen molar-refractivity contribution in [2.75, 3.05) is 13.1 Å². The van der Waals surface area contributed by atoms with Gasteiger partial charge in [0, 0.05) is 18.0 Å². The van der Waals surface area contributed by atoms with Gasteiger partial charge >= 0.3 is 0 Å². The molecule has 2 N–H and O–H groups in total. The zero-order chi connectivity index (χ0) is 11.3. The van der Waals surface area contributed by atoms with Crippen LogP contribution in [0.2, 0.25) is 0 Å². The lowest BCUT2D eigenvalue weighted by Gasteiger charge is -2.42. The summed E-state index contributed by atoms with van der Waals surface area (Å²) < 4.78 is 0. The Hall–Kier alpha value is -0.570. The number of hydrogen-bond donors (Lipinski definition) is 2. The number of carbonyl (C=O) groups excluding carboxylic acids is 1. The molecule has 88 valence electrons. The Balaban J connectivity index is 2.33. The van der Waals surface area contributed by atoms with Crippen molar-refractivity contribution in [2.45, 2.75) is 52.0 Å². The lowest BCUT2D eigenvalue weighted by Crippen LogP contribution is -2.55. The van der Waals surface area contributed by atoms with Crippen LogP contribution < -0.4 is 10.6 Å². The first-order valence-corrected chi connectivity index (χ1v) is 6.16. The molecule has 0 aromatic heterocycles. The number of hydrogen-bond acceptors (Lipinski definition) is 2. The highest BCUT2D eigenvalue weighted by Gasteiger charge is 2.37. The third kappa shape index (κ3) is 3.20. The van der Waals surface area contributed by atoms with Gasteiger partial charge in [0.15, 0.2) is 0 Å². The van der Waals surface area contributed by atoms with Crippen molar-refractivity contribution in [3.8, 4) is 0 Å². The van der Waals surface area contributed by atoms with Crippen LogP contribution in [0.25, 0.3) is 0 Å². The van der Waals surface area contributed by atoms with Crippen LogP contribution in [-0.4, -0.2) is 24.5 Å². The van der Waals surface area contributed by atoms with E-state index in [0.29, 0.717) is 0 Å². The van der Waals surface area contributed by atoms with Crippen LogP contribution in [0.1, 0.15) is 46.5 Å². The summed E-state index contributed by atoms with van der Waals surface area (Å²) in [5, 5.41) is 6.42. The molecule has 1 amide bonds. The van der Waals surface area contributed by atoms with Crippen molar-refractivity contribution in [3.63, 3.8) is 0 Å². The largest absolute Gasteiger partial charge is 0.350 e. The van der Waals surface area contributed by atoms with Gasteiger partial charge in [-0.2, -0.15) is 0 Å². The lowest BCUT2D eigenvalue weighted by atomic mass is 9.74. The molecule has 3 heteroatoms. The van der Waals surface area contributed by atoms with E-state index in [1.54, 1.807) is 0 Å². The Morgan fingerprint density at radius 1 is 1.40 bits per heavy atom. The molecular weight excluding hydrogens is 188 g/mol. The molecule has 0 aromatic rings. The Labute approximate surface area is 93.0 Å². The van der Waals surface area contributed by atoms with E-state index in [0.717, 1.165) is 32.4 Å². The van der Waals surface area contributed by atoms with Crippen LogP contribution in [-0.2, 0) is 4.79 Å². The predicted octanol–water partition coefficient (Wildman–Crippen LogP) is 1.68. The molecule has 1 unspecified atom stereocenters. The zero-order valence-electron chi connectivity index (χ0n) is 10.2. The van der Waals surface area contributed by atoms with Crippen LogP contribution >= 0.6 is 0 Å². The first-order chi connectivity index (χ1) is 7.13. The van der Waals surface area contributed by atoms with Gasteiger partial charge in [-0.05, 0) is 32.2 Å². The van der Waals surface area contributed by atoms with Gasteiger partial charge in [-0.3, -0.25) is 4.79 Å². The SMILES string of the molecule is CCNCC(C)C(=O)NC1(CC)CCC1. The maximum atomic E-state index is 11.9. The normalized spacial score (nSPS) is 20.5. The topological polar surface area (TPSA) is 41.1 Å². The fraction of sp³-hybridized carbons (Fsp3) is 0.917. The lowest BCUT2D eigenvalue weighted by molar-refractivity contribution is -0.127. The molecule has 0 saturated heterocycles. The van der Waals surface area contributed by atoms with E-state index in [1.165, 1.54) is 6.42 Å². The first kappa shape index (κ1) is 12.5. The van der Waals surface area contributed by atoms with Crippen molar-refractivity contribution >= 4 is 5.91 Å². The number of rotatable bonds is 6. The summed E-state index contributed by atoms with van der Waals surface area (Å²) in [4.78, 5) is 11.9. The fourth-order valence-corrected chi connectivity index (χ4v) is 2.01. The van der Waals surface area contributed by atoms with E-state index in [1.807, 2.05) is 6.92 Å². The molecule has 1 saturated carbocycles. The number of nitrogens with one attached hydrogen (secondary N) is 2. The maximum absolute atomic E-state index is 11.9. The summed E-state index contributed by atoms with van der Waals surface area (Å²) in [5.41, 5.74) is 0.136. The van der Waals surface area contributed by atoms with E-state index in [9.17, 15) is 4.79 Å². The second-order valence-corrected chi connectivity index (χ2v) is 4.69. The van der Waals surface area contributed by atoms with Gasteiger partial charge in [-0.1, -0.05) is 20.8 Å². The number of amides is 1. The van der Waals surface area contributed by atoms with Gasteiger partial charge in [-0.15, -0.1) is 0 Å². The van der Waals surface area contributed by atoms with E-state index >= 15 is 0 Å². The van der Waals surface area contributed by atoms with Crippen LogP contribution in [0.15, 0.2) is 0 Å². The summed E-state index contributed by atoms with van der Waals surface area (Å²) >= 11 is 0. The first-order valence-electron chi connectivity index (χ1n) is 6.16. The Morgan fingerprint density at radius 3 is 2.47 bits per heavy atom. The molecule has 15 heavy (non-hydrogen) atoms. The van der Waals surface area contributed by atoms with Crippen molar-refractivity contribution in [1.82, 2.24) is 10.6 Å². The smallest absolute Gasteiger partial charge is 0.224 e. The average molecular weight is 212 g/mol. The van der Waals surface area contributed by atoms with Gasteiger partial charge in [0.25, 0.3) is 0 Å². The molecule has 0 aromatic carbocycles. The van der Waals surface area contributed by atoms with E-state index in [2.05, 4.69) is 24.5 Å². The molecule has 3 nitrogen and oxygen atoms in total. The highest BCUT2D eigenvalue weighted by atomic mass is 16.2. The van der Waals surface area contributed by atoms with Crippen molar-refractivity contribution in [2.24, 2.45) is 5.92 Å². The summed E-state index contributed by atoms with van der Waals surface area (Å²) in [5.74, 6) is 0.284. The van der Waals surface area contributed by atoms with Crippen LogP contribution in [0, 0.1) is 5.92 Å². The molecule has 0 spiro atoms. The highest BCUT2D eigenvalue weighted by molar-refractivity contribution is 5.79. The zero-order valence-corrected chi connectivity index (χ0v) is 10.2. The molecule has 0 radical (unpaired) electrons. The summed E-state index contributed by atoms with van der Waals surface area (Å²) in [6.45, 7) is 7.91. The third-order valence-corrected chi connectivity index (χ3v) is 3.52. The summed E-state index contributed by atoms with van der Waals surface area (Å²) in [6, 6.07) is 0. The molecule has 0 bridgehead atoms. The Kier molecular flexibility index (Phi) is 4.58. The van der Waals surface area contributed by atoms with Crippen molar-refractivity contribution < 1.29 is 4.79 Å². The van der Waals surface area contributed by atoms with E-state index in [-0.39, 0.29) is 17.4 Å². The molecule has 1 rings (SSSR count). The van der Waals surface area contributed by atoms with Crippen LogP contribution in [0.5, 0.6) is 0 Å². The maximum Gasteiger partial charge on any atom is 0.224 e. The third-order valence-electron chi connectivity index (χ3n) is 3.52. The molecule has 0 aliphatic heterocycles.